The molecule has 0 radical (unpaired) electrons. The topological polar surface area (TPSA) is 63.1 Å². The number of nitrogens with zero attached hydrogens (tertiary/aromatic N) is 2. The van der Waals surface area contributed by atoms with Crippen molar-refractivity contribution in [3.8, 4) is 11.3 Å². The molecule has 0 fully saturated rings. The number of benzene rings is 2. The Kier molecular flexibility index (Phi) is 6.38. The standard InChI is InChI=1S/C21H13F3N2O2S.ClH/c22-14-9-15(23)21-20(18(14)24)26-16(29-21)8-13-6-11(7-17(27)28)10-25-19(13)12-4-2-1-3-5-12;/h1-6,9-10H,7-8H2,(H,27,28);1H. The minimum Gasteiger partial charge on any atom is -0.481 e. The summed E-state index contributed by atoms with van der Waals surface area (Å²) in [6, 6.07) is 11.5. The van der Waals surface area contributed by atoms with Crippen LogP contribution < -0.4 is 0 Å². The van der Waals surface area contributed by atoms with Crippen molar-refractivity contribution in [1.82, 2.24) is 9.97 Å². The number of carbonyl (C=O) groups is 1. The molecule has 0 spiro atoms. The van der Waals surface area contributed by atoms with Crippen LogP contribution in [0, 0.1) is 17.5 Å². The lowest BCUT2D eigenvalue weighted by Gasteiger charge is -2.10. The second-order valence-electron chi connectivity index (χ2n) is 6.40. The molecule has 2 heterocycles. The average molecular weight is 451 g/mol. The third-order valence-corrected chi connectivity index (χ3v) is 5.39. The predicted octanol–water partition coefficient (Wildman–Crippen LogP) is 5.42. The highest BCUT2D eigenvalue weighted by Crippen LogP contribution is 2.32. The lowest BCUT2D eigenvalue weighted by atomic mass is 10.0. The number of aliphatic carboxylic acids is 1. The molecular weight excluding hydrogens is 437 g/mol. The third kappa shape index (κ3) is 4.29. The minimum absolute atomic E-state index is 0. The van der Waals surface area contributed by atoms with Crippen LogP contribution in [0.5, 0.6) is 0 Å². The van der Waals surface area contributed by atoms with Gasteiger partial charge in [0.05, 0.1) is 21.8 Å². The first kappa shape index (κ1) is 21.7. The molecule has 0 amide bonds. The van der Waals surface area contributed by atoms with Gasteiger partial charge in [0.15, 0.2) is 11.6 Å². The van der Waals surface area contributed by atoms with E-state index in [1.807, 2.05) is 30.3 Å². The fraction of sp³-hybridized carbons (Fsp3) is 0.0952. The average Bonchev–Trinajstić information content (AvgIpc) is 3.11. The maximum absolute atomic E-state index is 14.0. The summed E-state index contributed by atoms with van der Waals surface area (Å²) in [6.45, 7) is 0. The fourth-order valence-corrected chi connectivity index (χ4v) is 4.08. The highest BCUT2D eigenvalue weighted by atomic mass is 35.5. The number of hydrogen-bond donors (Lipinski definition) is 1. The van der Waals surface area contributed by atoms with Crippen molar-refractivity contribution in [2.24, 2.45) is 0 Å². The number of hydrogen-bond acceptors (Lipinski definition) is 4. The Labute approximate surface area is 179 Å². The van der Waals surface area contributed by atoms with Crippen LogP contribution in [-0.2, 0) is 17.6 Å². The normalized spacial score (nSPS) is 10.8. The summed E-state index contributed by atoms with van der Waals surface area (Å²) < 4.78 is 41.5. The molecule has 0 aliphatic rings. The number of pyridine rings is 1. The third-order valence-electron chi connectivity index (χ3n) is 4.33. The molecule has 4 aromatic rings. The van der Waals surface area contributed by atoms with E-state index in [1.165, 1.54) is 6.20 Å². The van der Waals surface area contributed by atoms with Crippen molar-refractivity contribution in [3.63, 3.8) is 0 Å². The first-order chi connectivity index (χ1) is 13.9. The molecule has 4 rings (SSSR count). The lowest BCUT2D eigenvalue weighted by Crippen LogP contribution is -2.03. The van der Waals surface area contributed by atoms with Gasteiger partial charge in [-0.15, -0.1) is 23.7 Å². The number of carboxylic acids is 1. The Morgan fingerprint density at radius 2 is 1.80 bits per heavy atom. The Balaban J connectivity index is 0.00000256. The largest absolute Gasteiger partial charge is 0.481 e. The molecule has 1 N–H and O–H groups in total. The van der Waals surface area contributed by atoms with E-state index in [-0.39, 0.29) is 35.5 Å². The van der Waals surface area contributed by atoms with Crippen molar-refractivity contribution in [3.05, 3.63) is 82.2 Å². The van der Waals surface area contributed by atoms with Gasteiger partial charge in [-0.2, -0.15) is 0 Å². The Hall–Kier alpha value is -2.97. The SMILES string of the molecule is Cl.O=C(O)Cc1cnc(-c2ccccc2)c(Cc2nc3c(F)c(F)cc(F)c3s2)c1. The molecule has 4 nitrogen and oxygen atoms in total. The summed E-state index contributed by atoms with van der Waals surface area (Å²) in [5.74, 6) is -4.35. The van der Waals surface area contributed by atoms with Crippen molar-refractivity contribution < 1.29 is 23.1 Å². The van der Waals surface area contributed by atoms with Gasteiger partial charge in [0.2, 0.25) is 0 Å². The van der Waals surface area contributed by atoms with Crippen LogP contribution in [0.3, 0.4) is 0 Å². The molecule has 0 unspecified atom stereocenters. The summed E-state index contributed by atoms with van der Waals surface area (Å²) in [4.78, 5) is 19.5. The van der Waals surface area contributed by atoms with E-state index in [4.69, 9.17) is 5.11 Å². The maximum atomic E-state index is 14.0. The Bertz CT molecular complexity index is 1230. The molecular formula is C21H14ClF3N2O2S. The molecule has 2 aromatic heterocycles. The predicted molar refractivity (Wildman–Crippen MR) is 111 cm³/mol. The molecule has 30 heavy (non-hydrogen) atoms. The van der Waals surface area contributed by atoms with E-state index in [2.05, 4.69) is 9.97 Å². The molecule has 2 aromatic carbocycles. The van der Waals surface area contributed by atoms with E-state index in [0.717, 1.165) is 16.9 Å². The number of fused-ring (bicyclic) bond motifs is 1. The van der Waals surface area contributed by atoms with Gasteiger partial charge in [-0.25, -0.2) is 18.2 Å². The van der Waals surface area contributed by atoms with Gasteiger partial charge in [0.25, 0.3) is 0 Å². The number of carboxylic acid groups (broad SMARTS) is 1. The van der Waals surface area contributed by atoms with Gasteiger partial charge in [0, 0.05) is 24.2 Å². The zero-order valence-corrected chi connectivity index (χ0v) is 16.9. The molecule has 0 aliphatic heterocycles. The molecule has 0 bridgehead atoms. The molecule has 154 valence electrons. The molecule has 9 heteroatoms. The van der Waals surface area contributed by atoms with Gasteiger partial charge in [-0.1, -0.05) is 36.4 Å². The van der Waals surface area contributed by atoms with E-state index < -0.39 is 23.4 Å². The summed E-state index contributed by atoms with van der Waals surface area (Å²) >= 11 is 0.928. The summed E-state index contributed by atoms with van der Waals surface area (Å²) in [5.41, 5.74) is 2.24. The molecule has 0 aliphatic carbocycles. The van der Waals surface area contributed by atoms with Crippen LogP contribution in [0.2, 0.25) is 0 Å². The summed E-state index contributed by atoms with van der Waals surface area (Å²) in [7, 11) is 0. The monoisotopic (exact) mass is 450 g/mol. The number of halogens is 4. The van der Waals surface area contributed by atoms with Crippen LogP contribution >= 0.6 is 23.7 Å². The number of thiazole rings is 1. The highest BCUT2D eigenvalue weighted by Gasteiger charge is 2.19. The summed E-state index contributed by atoms with van der Waals surface area (Å²) in [5, 5.41) is 9.43. The lowest BCUT2D eigenvalue weighted by molar-refractivity contribution is -0.136. The zero-order chi connectivity index (χ0) is 20.5. The van der Waals surface area contributed by atoms with E-state index in [9.17, 15) is 18.0 Å². The Morgan fingerprint density at radius 1 is 1.07 bits per heavy atom. The molecule has 0 atom stereocenters. The van der Waals surface area contributed by atoms with Gasteiger partial charge in [-0.3, -0.25) is 9.78 Å². The van der Waals surface area contributed by atoms with E-state index in [0.29, 0.717) is 27.9 Å². The number of aromatic nitrogens is 2. The Morgan fingerprint density at radius 3 is 2.50 bits per heavy atom. The van der Waals surface area contributed by atoms with Crippen LogP contribution in [0.4, 0.5) is 13.2 Å². The van der Waals surface area contributed by atoms with Crippen molar-refractivity contribution >= 4 is 39.9 Å². The van der Waals surface area contributed by atoms with Crippen LogP contribution in [0.25, 0.3) is 21.5 Å². The van der Waals surface area contributed by atoms with Gasteiger partial charge in [0.1, 0.15) is 11.3 Å². The van der Waals surface area contributed by atoms with Crippen molar-refractivity contribution in [1.29, 1.82) is 0 Å². The smallest absolute Gasteiger partial charge is 0.307 e. The van der Waals surface area contributed by atoms with Crippen LogP contribution in [0.1, 0.15) is 16.1 Å². The van der Waals surface area contributed by atoms with Gasteiger partial charge in [-0.05, 0) is 11.1 Å². The number of rotatable bonds is 5. The quantitative estimate of drug-likeness (QED) is 0.413. The maximum Gasteiger partial charge on any atom is 0.307 e. The first-order valence-corrected chi connectivity index (χ1v) is 9.42. The highest BCUT2D eigenvalue weighted by molar-refractivity contribution is 7.18. The summed E-state index contributed by atoms with van der Waals surface area (Å²) in [6.07, 6.45) is 1.46. The second kappa shape index (κ2) is 8.81. The minimum atomic E-state index is -1.29. The van der Waals surface area contributed by atoms with Crippen LogP contribution in [0.15, 0.2) is 48.7 Å². The fourth-order valence-electron chi connectivity index (χ4n) is 3.09. The van der Waals surface area contributed by atoms with Gasteiger partial charge < -0.3 is 5.11 Å². The molecule has 0 saturated heterocycles. The van der Waals surface area contributed by atoms with Crippen molar-refractivity contribution in [2.45, 2.75) is 12.8 Å². The van der Waals surface area contributed by atoms with Gasteiger partial charge >= 0.3 is 5.97 Å². The zero-order valence-electron chi connectivity index (χ0n) is 15.2. The van der Waals surface area contributed by atoms with E-state index >= 15 is 0 Å². The van der Waals surface area contributed by atoms with Crippen molar-refractivity contribution in [2.75, 3.05) is 0 Å². The molecule has 0 saturated carbocycles. The van der Waals surface area contributed by atoms with E-state index in [1.54, 1.807) is 6.07 Å². The van der Waals surface area contributed by atoms with Crippen LogP contribution in [-0.4, -0.2) is 21.0 Å². The first-order valence-electron chi connectivity index (χ1n) is 8.60. The second-order valence-corrected chi connectivity index (χ2v) is 7.49.